The molecule has 2 N–H and O–H groups in total. The van der Waals surface area contributed by atoms with Gasteiger partial charge in [0.1, 0.15) is 10.8 Å². The minimum absolute atomic E-state index is 0. The molecular weight excluding hydrogens is 495 g/mol. The van der Waals surface area contributed by atoms with Crippen LogP contribution in [0.2, 0.25) is 0 Å². The molecule has 0 saturated heterocycles. The summed E-state index contributed by atoms with van der Waals surface area (Å²) >= 11 is 0.938. The maximum atomic E-state index is 14.0. The first-order valence-electron chi connectivity index (χ1n) is 8.05. The van der Waals surface area contributed by atoms with Gasteiger partial charge < -0.3 is 10.6 Å². The number of nitrogens with one attached hydrogen (secondary N) is 2. The minimum Gasteiger partial charge on any atom is -0.356 e. The van der Waals surface area contributed by atoms with Gasteiger partial charge in [-0.15, -0.1) is 35.3 Å². The summed E-state index contributed by atoms with van der Waals surface area (Å²) in [6.45, 7) is 0.631. The summed E-state index contributed by atoms with van der Waals surface area (Å²) < 4.78 is 51.8. The first-order valence-corrected chi connectivity index (χ1v) is 8.93. The number of alkyl halides is 3. The Kier molecular flexibility index (Phi) is 7.06. The van der Waals surface area contributed by atoms with Crippen LogP contribution >= 0.6 is 35.3 Å². The van der Waals surface area contributed by atoms with E-state index in [0.717, 1.165) is 29.6 Å². The van der Waals surface area contributed by atoms with E-state index in [9.17, 15) is 17.6 Å². The molecule has 1 aliphatic carbocycles. The second-order valence-corrected chi connectivity index (χ2v) is 7.11. The summed E-state index contributed by atoms with van der Waals surface area (Å²) in [5.41, 5.74) is -0.468. The topological polar surface area (TPSA) is 49.3 Å². The van der Waals surface area contributed by atoms with Crippen molar-refractivity contribution >= 4 is 41.3 Å². The van der Waals surface area contributed by atoms with Crippen LogP contribution in [0.15, 0.2) is 34.6 Å². The lowest BCUT2D eigenvalue weighted by Gasteiger charge is -2.19. The average Bonchev–Trinajstić information content (AvgIpc) is 3.22. The molecule has 0 unspecified atom stereocenters. The number of guanidine groups is 1. The highest BCUT2D eigenvalue weighted by Gasteiger charge is 2.45. The fourth-order valence-corrected chi connectivity index (χ4v) is 3.48. The van der Waals surface area contributed by atoms with Crippen LogP contribution in [0.4, 0.5) is 17.6 Å². The Morgan fingerprint density at radius 2 is 1.96 bits per heavy atom. The zero-order valence-electron chi connectivity index (χ0n) is 14.4. The van der Waals surface area contributed by atoms with E-state index in [-0.39, 0.29) is 41.8 Å². The summed E-state index contributed by atoms with van der Waals surface area (Å²) in [6.07, 6.45) is -2.69. The molecule has 1 aromatic heterocycles. The Bertz CT molecular complexity index is 802. The number of hydrogen-bond donors (Lipinski definition) is 2. The Morgan fingerprint density at radius 1 is 1.26 bits per heavy atom. The van der Waals surface area contributed by atoms with Gasteiger partial charge in [-0.1, -0.05) is 18.2 Å². The second kappa shape index (κ2) is 8.72. The number of benzene rings is 1. The van der Waals surface area contributed by atoms with Crippen molar-refractivity contribution in [3.63, 3.8) is 0 Å². The summed E-state index contributed by atoms with van der Waals surface area (Å²) in [5, 5.41) is 7.38. The van der Waals surface area contributed by atoms with Crippen molar-refractivity contribution in [2.75, 3.05) is 13.6 Å². The average molecular weight is 514 g/mol. The maximum Gasteiger partial charge on any atom is 0.434 e. The molecule has 0 aliphatic heterocycles. The predicted octanol–water partition coefficient (Wildman–Crippen LogP) is 4.32. The molecule has 4 nitrogen and oxygen atoms in total. The van der Waals surface area contributed by atoms with Crippen LogP contribution in [0, 0.1) is 5.82 Å². The number of nitrogens with zero attached hydrogens (tertiary/aromatic N) is 2. The van der Waals surface area contributed by atoms with Gasteiger partial charge in [-0.25, -0.2) is 9.37 Å². The Balaban J connectivity index is 0.00000261. The van der Waals surface area contributed by atoms with Crippen LogP contribution in [-0.4, -0.2) is 24.5 Å². The van der Waals surface area contributed by atoms with E-state index < -0.39 is 11.9 Å². The lowest BCUT2D eigenvalue weighted by Crippen LogP contribution is -2.41. The fourth-order valence-electron chi connectivity index (χ4n) is 2.74. The van der Waals surface area contributed by atoms with E-state index in [1.807, 2.05) is 6.07 Å². The van der Waals surface area contributed by atoms with Crippen LogP contribution in [0.25, 0.3) is 0 Å². The number of aliphatic imine (C=N–C) groups is 1. The zero-order chi connectivity index (χ0) is 18.8. The molecular formula is C17H19F4IN4S. The van der Waals surface area contributed by atoms with Gasteiger partial charge >= 0.3 is 6.18 Å². The van der Waals surface area contributed by atoms with Gasteiger partial charge in [0, 0.05) is 24.4 Å². The highest BCUT2D eigenvalue weighted by atomic mass is 127. The SMILES string of the molecule is CN=C(NCc1nc(C(F)(F)F)cs1)NCC1(c2ccccc2F)CC1.I. The van der Waals surface area contributed by atoms with Gasteiger partial charge in [-0.05, 0) is 24.5 Å². The monoisotopic (exact) mass is 514 g/mol. The van der Waals surface area contributed by atoms with Gasteiger partial charge in [0.25, 0.3) is 0 Å². The molecule has 1 aromatic carbocycles. The van der Waals surface area contributed by atoms with Crippen molar-refractivity contribution < 1.29 is 17.6 Å². The molecule has 1 saturated carbocycles. The van der Waals surface area contributed by atoms with Crippen molar-refractivity contribution in [2.24, 2.45) is 4.99 Å². The van der Waals surface area contributed by atoms with Crippen LogP contribution in [0.5, 0.6) is 0 Å². The summed E-state index contributed by atoms with van der Waals surface area (Å²) in [4.78, 5) is 7.63. The van der Waals surface area contributed by atoms with Crippen molar-refractivity contribution in [2.45, 2.75) is 31.0 Å². The molecule has 1 aliphatic rings. The molecule has 0 amide bonds. The second-order valence-electron chi connectivity index (χ2n) is 6.16. The molecule has 3 rings (SSSR count). The molecule has 148 valence electrons. The normalized spacial score (nSPS) is 15.8. The lowest BCUT2D eigenvalue weighted by molar-refractivity contribution is -0.140. The molecule has 0 radical (unpaired) electrons. The number of aromatic nitrogens is 1. The fraction of sp³-hybridized carbons (Fsp3) is 0.412. The van der Waals surface area contributed by atoms with E-state index in [4.69, 9.17) is 0 Å². The molecule has 0 bridgehead atoms. The van der Waals surface area contributed by atoms with Crippen molar-refractivity contribution in [3.8, 4) is 0 Å². The third-order valence-corrected chi connectivity index (χ3v) is 5.21. The molecule has 1 fully saturated rings. The zero-order valence-corrected chi connectivity index (χ0v) is 17.6. The van der Waals surface area contributed by atoms with Gasteiger partial charge in [-0.2, -0.15) is 13.2 Å². The standard InChI is InChI=1S/C17H18F4N4S.HI/c1-22-15(23-8-14-25-13(9-26-14)17(19,20)21)24-10-16(6-7-16)11-4-2-3-5-12(11)18;/h2-5,9H,6-8,10H2,1H3,(H2,22,23,24);1H. The number of rotatable bonds is 5. The van der Waals surface area contributed by atoms with Crippen LogP contribution in [0.3, 0.4) is 0 Å². The molecule has 10 heteroatoms. The first kappa shape index (κ1) is 21.9. The third kappa shape index (κ3) is 5.31. The van der Waals surface area contributed by atoms with Crippen LogP contribution in [-0.2, 0) is 18.1 Å². The smallest absolute Gasteiger partial charge is 0.356 e. The predicted molar refractivity (Wildman–Crippen MR) is 108 cm³/mol. The van der Waals surface area contributed by atoms with Gasteiger partial charge in [0.2, 0.25) is 0 Å². The van der Waals surface area contributed by atoms with E-state index in [1.54, 1.807) is 19.2 Å². The number of thiazole rings is 1. The van der Waals surface area contributed by atoms with Gasteiger partial charge in [-0.3, -0.25) is 4.99 Å². The third-order valence-electron chi connectivity index (χ3n) is 4.37. The van der Waals surface area contributed by atoms with E-state index in [0.29, 0.717) is 23.1 Å². The molecule has 0 spiro atoms. The summed E-state index contributed by atoms with van der Waals surface area (Å²) in [5.74, 6) is 0.216. The quantitative estimate of drug-likeness (QED) is 0.271. The van der Waals surface area contributed by atoms with Crippen molar-refractivity contribution in [1.82, 2.24) is 15.6 Å². The summed E-state index contributed by atoms with van der Waals surface area (Å²) in [7, 11) is 1.57. The first-order chi connectivity index (χ1) is 12.3. The van der Waals surface area contributed by atoms with E-state index >= 15 is 0 Å². The molecule has 27 heavy (non-hydrogen) atoms. The highest BCUT2D eigenvalue weighted by molar-refractivity contribution is 14.0. The number of hydrogen-bond acceptors (Lipinski definition) is 3. The lowest BCUT2D eigenvalue weighted by atomic mass is 9.95. The Morgan fingerprint density at radius 3 is 2.52 bits per heavy atom. The van der Waals surface area contributed by atoms with Gasteiger partial charge in [0.15, 0.2) is 11.7 Å². The van der Waals surface area contributed by atoms with Crippen LogP contribution < -0.4 is 10.6 Å². The van der Waals surface area contributed by atoms with E-state index in [1.165, 1.54) is 6.07 Å². The largest absolute Gasteiger partial charge is 0.434 e. The highest BCUT2D eigenvalue weighted by Crippen LogP contribution is 2.48. The minimum atomic E-state index is -4.44. The Labute approximate surface area is 175 Å². The Hall–Kier alpha value is -1.43. The summed E-state index contributed by atoms with van der Waals surface area (Å²) in [6, 6.07) is 6.70. The van der Waals surface area contributed by atoms with Crippen molar-refractivity contribution in [1.29, 1.82) is 0 Å². The van der Waals surface area contributed by atoms with Crippen LogP contribution in [0.1, 0.15) is 29.1 Å². The number of halogens is 5. The molecule has 0 atom stereocenters. The van der Waals surface area contributed by atoms with E-state index in [2.05, 4.69) is 20.6 Å². The van der Waals surface area contributed by atoms with Gasteiger partial charge in [0.05, 0.1) is 6.54 Å². The molecule has 1 heterocycles. The molecule has 2 aromatic rings. The maximum absolute atomic E-state index is 14.0. The van der Waals surface area contributed by atoms with Crippen molar-refractivity contribution in [3.05, 3.63) is 51.7 Å².